The maximum absolute atomic E-state index is 12.9. The molecule has 0 aromatic heterocycles. The summed E-state index contributed by atoms with van der Waals surface area (Å²) in [5, 5.41) is 0.776. The molecule has 2 rings (SSSR count). The van der Waals surface area contributed by atoms with Crippen LogP contribution in [0.4, 0.5) is 10.1 Å². The van der Waals surface area contributed by atoms with Crippen LogP contribution in [0.1, 0.15) is 37.7 Å². The average molecular weight is 239 g/mol. The van der Waals surface area contributed by atoms with Crippen molar-refractivity contribution in [1.29, 1.82) is 0 Å². The molecule has 1 saturated carbocycles. The summed E-state index contributed by atoms with van der Waals surface area (Å²) in [6.45, 7) is 0. The summed E-state index contributed by atoms with van der Waals surface area (Å²) >= 11 is 1.97. The number of halogens is 1. The van der Waals surface area contributed by atoms with Gasteiger partial charge in [-0.2, -0.15) is 11.8 Å². The second-order valence-corrected chi connectivity index (χ2v) is 5.70. The molecule has 16 heavy (non-hydrogen) atoms. The SMILES string of the molecule is Nc1cc(F)ccc1CSC1CCCCC1. The molecular weight excluding hydrogens is 221 g/mol. The summed E-state index contributed by atoms with van der Waals surface area (Å²) in [6.07, 6.45) is 6.75. The topological polar surface area (TPSA) is 26.0 Å². The van der Waals surface area contributed by atoms with Gasteiger partial charge in [0.15, 0.2) is 0 Å². The number of rotatable bonds is 3. The fraction of sp³-hybridized carbons (Fsp3) is 0.538. The molecule has 1 aliphatic rings. The van der Waals surface area contributed by atoms with Crippen molar-refractivity contribution in [1.82, 2.24) is 0 Å². The van der Waals surface area contributed by atoms with E-state index in [2.05, 4.69) is 0 Å². The van der Waals surface area contributed by atoms with Crippen LogP contribution in [0.15, 0.2) is 18.2 Å². The Labute approximate surface area is 101 Å². The number of benzene rings is 1. The minimum absolute atomic E-state index is 0.246. The van der Waals surface area contributed by atoms with Crippen LogP contribution >= 0.6 is 11.8 Å². The fourth-order valence-corrected chi connectivity index (χ4v) is 3.48. The third-order valence-corrected chi connectivity index (χ3v) is 4.56. The molecule has 0 spiro atoms. The zero-order valence-electron chi connectivity index (χ0n) is 9.42. The number of thioether (sulfide) groups is 1. The Hall–Kier alpha value is -0.700. The zero-order chi connectivity index (χ0) is 11.4. The number of nitrogens with two attached hydrogens (primary N) is 1. The molecule has 0 unspecified atom stereocenters. The van der Waals surface area contributed by atoms with Crippen LogP contribution in [0.5, 0.6) is 0 Å². The van der Waals surface area contributed by atoms with Crippen molar-refractivity contribution in [2.75, 3.05) is 5.73 Å². The molecule has 0 bridgehead atoms. The van der Waals surface area contributed by atoms with E-state index in [-0.39, 0.29) is 5.82 Å². The Balaban J connectivity index is 1.88. The van der Waals surface area contributed by atoms with E-state index < -0.39 is 0 Å². The quantitative estimate of drug-likeness (QED) is 0.808. The van der Waals surface area contributed by atoms with Gasteiger partial charge in [0.1, 0.15) is 5.82 Å². The first-order valence-electron chi connectivity index (χ1n) is 5.91. The molecule has 0 atom stereocenters. The van der Waals surface area contributed by atoms with Gasteiger partial charge in [0.2, 0.25) is 0 Å². The molecule has 1 aromatic carbocycles. The van der Waals surface area contributed by atoms with Crippen LogP contribution < -0.4 is 5.73 Å². The molecule has 3 heteroatoms. The molecule has 1 nitrogen and oxygen atoms in total. The van der Waals surface area contributed by atoms with E-state index in [9.17, 15) is 4.39 Å². The molecule has 2 N–H and O–H groups in total. The van der Waals surface area contributed by atoms with E-state index in [1.54, 1.807) is 6.07 Å². The van der Waals surface area contributed by atoms with E-state index in [0.717, 1.165) is 16.6 Å². The van der Waals surface area contributed by atoms with Gasteiger partial charge in [0.05, 0.1) is 0 Å². The summed E-state index contributed by atoms with van der Waals surface area (Å²) in [7, 11) is 0. The maximum atomic E-state index is 12.9. The Morgan fingerprint density at radius 1 is 1.25 bits per heavy atom. The Morgan fingerprint density at radius 3 is 2.69 bits per heavy atom. The molecule has 0 aliphatic heterocycles. The van der Waals surface area contributed by atoms with Crippen molar-refractivity contribution in [3.63, 3.8) is 0 Å². The van der Waals surface area contributed by atoms with Crippen molar-refractivity contribution in [2.45, 2.75) is 43.1 Å². The van der Waals surface area contributed by atoms with Crippen molar-refractivity contribution < 1.29 is 4.39 Å². The van der Waals surface area contributed by atoms with E-state index in [4.69, 9.17) is 5.73 Å². The van der Waals surface area contributed by atoms with Crippen molar-refractivity contribution in [3.05, 3.63) is 29.6 Å². The Kier molecular flexibility index (Phi) is 4.10. The normalized spacial score (nSPS) is 17.6. The number of nitrogen functional groups attached to an aromatic ring is 1. The van der Waals surface area contributed by atoms with Crippen LogP contribution in [-0.4, -0.2) is 5.25 Å². The highest BCUT2D eigenvalue weighted by atomic mass is 32.2. The summed E-state index contributed by atoms with van der Waals surface area (Å²) in [5.41, 5.74) is 7.44. The van der Waals surface area contributed by atoms with Crippen molar-refractivity contribution in [2.24, 2.45) is 0 Å². The molecule has 88 valence electrons. The smallest absolute Gasteiger partial charge is 0.125 e. The summed E-state index contributed by atoms with van der Waals surface area (Å²) in [5.74, 6) is 0.667. The van der Waals surface area contributed by atoms with E-state index in [1.165, 1.54) is 44.2 Å². The number of hydrogen-bond donors (Lipinski definition) is 1. The second kappa shape index (κ2) is 5.58. The fourth-order valence-electron chi connectivity index (χ4n) is 2.14. The van der Waals surface area contributed by atoms with Gasteiger partial charge in [-0.15, -0.1) is 0 Å². The van der Waals surface area contributed by atoms with Gasteiger partial charge < -0.3 is 5.73 Å². The lowest BCUT2D eigenvalue weighted by atomic mass is 10.0. The zero-order valence-corrected chi connectivity index (χ0v) is 10.2. The van der Waals surface area contributed by atoms with Crippen LogP contribution in [0.2, 0.25) is 0 Å². The maximum Gasteiger partial charge on any atom is 0.125 e. The molecule has 1 aromatic rings. The summed E-state index contributed by atoms with van der Waals surface area (Å²) in [6, 6.07) is 4.71. The van der Waals surface area contributed by atoms with Crippen LogP contribution in [0.25, 0.3) is 0 Å². The van der Waals surface area contributed by atoms with Crippen LogP contribution in [0, 0.1) is 5.82 Å². The third-order valence-electron chi connectivity index (χ3n) is 3.13. The van der Waals surface area contributed by atoms with Crippen molar-refractivity contribution in [3.8, 4) is 0 Å². The first-order chi connectivity index (χ1) is 7.75. The van der Waals surface area contributed by atoms with Gasteiger partial charge in [-0.25, -0.2) is 4.39 Å². The van der Waals surface area contributed by atoms with Gasteiger partial charge in [-0.05, 0) is 30.5 Å². The molecular formula is C13H18FNS. The second-order valence-electron chi connectivity index (χ2n) is 4.41. The van der Waals surface area contributed by atoms with Gasteiger partial charge in [0.25, 0.3) is 0 Å². The summed E-state index contributed by atoms with van der Waals surface area (Å²) < 4.78 is 12.9. The van der Waals surface area contributed by atoms with E-state index >= 15 is 0 Å². The standard InChI is InChI=1S/C13H18FNS/c14-11-7-6-10(13(15)8-11)9-16-12-4-2-1-3-5-12/h6-8,12H,1-5,9,15H2. The Morgan fingerprint density at radius 2 is 2.00 bits per heavy atom. The monoisotopic (exact) mass is 239 g/mol. The predicted octanol–water partition coefficient (Wildman–Crippen LogP) is 3.97. The van der Waals surface area contributed by atoms with Gasteiger partial charge in [-0.3, -0.25) is 0 Å². The number of hydrogen-bond acceptors (Lipinski definition) is 2. The van der Waals surface area contributed by atoms with E-state index in [0.29, 0.717) is 5.69 Å². The Bertz CT molecular complexity index is 348. The predicted molar refractivity (Wildman–Crippen MR) is 69.0 cm³/mol. The van der Waals surface area contributed by atoms with Crippen LogP contribution in [0.3, 0.4) is 0 Å². The summed E-state index contributed by atoms with van der Waals surface area (Å²) in [4.78, 5) is 0. The first-order valence-corrected chi connectivity index (χ1v) is 6.96. The lowest BCUT2D eigenvalue weighted by Gasteiger charge is -2.21. The van der Waals surface area contributed by atoms with Gasteiger partial charge in [0, 0.05) is 16.7 Å². The largest absolute Gasteiger partial charge is 0.398 e. The van der Waals surface area contributed by atoms with Gasteiger partial charge in [-0.1, -0.05) is 25.3 Å². The number of anilines is 1. The molecule has 0 heterocycles. The van der Waals surface area contributed by atoms with Gasteiger partial charge >= 0.3 is 0 Å². The lowest BCUT2D eigenvalue weighted by Crippen LogP contribution is -2.08. The third kappa shape index (κ3) is 3.14. The minimum atomic E-state index is -0.246. The first kappa shape index (κ1) is 11.8. The molecule has 0 radical (unpaired) electrons. The van der Waals surface area contributed by atoms with E-state index in [1.807, 2.05) is 11.8 Å². The lowest BCUT2D eigenvalue weighted by molar-refractivity contribution is 0.516. The highest BCUT2D eigenvalue weighted by Gasteiger charge is 2.14. The van der Waals surface area contributed by atoms with Crippen LogP contribution in [-0.2, 0) is 5.75 Å². The highest BCUT2D eigenvalue weighted by molar-refractivity contribution is 7.99. The molecule has 0 saturated heterocycles. The molecule has 1 aliphatic carbocycles. The molecule has 0 amide bonds. The highest BCUT2D eigenvalue weighted by Crippen LogP contribution is 2.31. The van der Waals surface area contributed by atoms with Crippen molar-refractivity contribution >= 4 is 17.4 Å². The minimum Gasteiger partial charge on any atom is -0.398 e. The average Bonchev–Trinajstić information content (AvgIpc) is 2.29. The molecule has 1 fully saturated rings.